The molecule has 0 radical (unpaired) electrons. The van der Waals surface area contributed by atoms with Gasteiger partial charge < -0.3 is 5.32 Å². The summed E-state index contributed by atoms with van der Waals surface area (Å²) in [5, 5.41) is 2.42. The molecule has 1 amide bonds. The molecule has 1 aliphatic rings. The van der Waals surface area contributed by atoms with E-state index in [-0.39, 0.29) is 0 Å². The molecule has 3 heteroatoms. The van der Waals surface area contributed by atoms with Crippen molar-refractivity contribution < 1.29 is 9.59 Å². The first-order valence-electron chi connectivity index (χ1n) is 2.69. The van der Waals surface area contributed by atoms with E-state index in [1.165, 1.54) is 6.08 Å². The van der Waals surface area contributed by atoms with E-state index < -0.39 is 11.7 Å². The molecule has 0 spiro atoms. The van der Waals surface area contributed by atoms with Crippen molar-refractivity contribution in [1.29, 1.82) is 0 Å². The molecule has 0 saturated heterocycles. The Morgan fingerprint density at radius 1 is 1.56 bits per heavy atom. The zero-order valence-electron chi connectivity index (χ0n) is 5.10. The highest BCUT2D eigenvalue weighted by Gasteiger charge is 2.14. The van der Waals surface area contributed by atoms with Crippen molar-refractivity contribution in [3.8, 4) is 0 Å². The first-order chi connectivity index (χ1) is 4.20. The van der Waals surface area contributed by atoms with Crippen LogP contribution < -0.4 is 5.32 Å². The summed E-state index contributed by atoms with van der Waals surface area (Å²) in [7, 11) is 0. The van der Waals surface area contributed by atoms with E-state index >= 15 is 0 Å². The minimum atomic E-state index is -0.499. The van der Waals surface area contributed by atoms with Crippen LogP contribution in [-0.2, 0) is 9.59 Å². The van der Waals surface area contributed by atoms with Crippen LogP contribution in [0.25, 0.3) is 0 Å². The largest absolute Gasteiger partial charge is 0.345 e. The Morgan fingerprint density at radius 3 is 2.67 bits per heavy atom. The van der Waals surface area contributed by atoms with Crippen LogP contribution >= 0.6 is 0 Å². The molecule has 3 nitrogen and oxygen atoms in total. The maximum absolute atomic E-state index is 10.5. The van der Waals surface area contributed by atoms with Crippen LogP contribution in [-0.4, -0.2) is 18.2 Å². The third-order valence-corrected chi connectivity index (χ3v) is 1.13. The lowest BCUT2D eigenvalue weighted by molar-refractivity contribution is -0.135. The molecule has 0 fully saturated rings. The van der Waals surface area contributed by atoms with Gasteiger partial charge in [0.1, 0.15) is 0 Å². The molecule has 0 saturated carbocycles. The van der Waals surface area contributed by atoms with Gasteiger partial charge in [-0.2, -0.15) is 0 Å². The van der Waals surface area contributed by atoms with Gasteiger partial charge in [0.25, 0.3) is 5.91 Å². The molecule has 0 aromatic rings. The van der Waals surface area contributed by atoms with Gasteiger partial charge in [0.2, 0.25) is 5.78 Å². The Labute approximate surface area is 52.7 Å². The van der Waals surface area contributed by atoms with E-state index in [0.29, 0.717) is 6.54 Å². The first-order valence-corrected chi connectivity index (χ1v) is 2.69. The van der Waals surface area contributed by atoms with E-state index in [1.807, 2.05) is 0 Å². The molecule has 0 atom stereocenters. The van der Waals surface area contributed by atoms with Crippen molar-refractivity contribution in [2.45, 2.75) is 6.92 Å². The van der Waals surface area contributed by atoms with E-state index in [2.05, 4.69) is 5.32 Å². The van der Waals surface area contributed by atoms with Crippen LogP contribution in [0.2, 0.25) is 0 Å². The van der Waals surface area contributed by atoms with Gasteiger partial charge in [0.15, 0.2) is 0 Å². The normalized spacial score (nSPS) is 19.0. The van der Waals surface area contributed by atoms with Crippen LogP contribution in [0.15, 0.2) is 11.6 Å². The van der Waals surface area contributed by atoms with Crippen molar-refractivity contribution in [2.75, 3.05) is 6.54 Å². The monoisotopic (exact) mass is 125 g/mol. The van der Waals surface area contributed by atoms with Gasteiger partial charge in [-0.3, -0.25) is 9.59 Å². The fourth-order valence-electron chi connectivity index (χ4n) is 0.647. The van der Waals surface area contributed by atoms with Crippen LogP contribution in [0, 0.1) is 0 Å². The molecule has 48 valence electrons. The standard InChI is InChI=1S/C6H7NO2/c1-4-2-5(8)6(9)7-3-4/h2H,3H2,1H3,(H,7,9). The van der Waals surface area contributed by atoms with E-state index in [1.54, 1.807) is 6.92 Å². The summed E-state index contributed by atoms with van der Waals surface area (Å²) in [5.74, 6) is -0.945. The fourth-order valence-corrected chi connectivity index (χ4v) is 0.647. The molecule has 1 heterocycles. The zero-order valence-corrected chi connectivity index (χ0v) is 5.10. The van der Waals surface area contributed by atoms with Gasteiger partial charge in [-0.15, -0.1) is 0 Å². The summed E-state index contributed by atoms with van der Waals surface area (Å²) in [6, 6.07) is 0. The quantitative estimate of drug-likeness (QED) is 0.449. The Morgan fingerprint density at radius 2 is 2.22 bits per heavy atom. The molecule has 0 bridgehead atoms. The van der Waals surface area contributed by atoms with Gasteiger partial charge in [0, 0.05) is 6.54 Å². The average molecular weight is 125 g/mol. The second-order valence-electron chi connectivity index (χ2n) is 2.04. The molecule has 9 heavy (non-hydrogen) atoms. The second kappa shape index (κ2) is 2.01. The minimum Gasteiger partial charge on any atom is -0.345 e. The number of nitrogens with one attached hydrogen (secondary N) is 1. The van der Waals surface area contributed by atoms with Crippen molar-refractivity contribution in [3.05, 3.63) is 11.6 Å². The molecule has 0 aromatic heterocycles. The van der Waals surface area contributed by atoms with Crippen LogP contribution in [0.3, 0.4) is 0 Å². The SMILES string of the molecule is CC1=CC(=O)C(=O)NC1. The Balaban J connectivity index is 2.82. The van der Waals surface area contributed by atoms with Gasteiger partial charge in [-0.1, -0.05) is 5.57 Å². The topological polar surface area (TPSA) is 46.2 Å². The predicted octanol–water partition coefficient (Wildman–Crippen LogP) is -0.368. The van der Waals surface area contributed by atoms with Gasteiger partial charge in [0.05, 0.1) is 0 Å². The number of hydrogen-bond acceptors (Lipinski definition) is 2. The number of hydrogen-bond donors (Lipinski definition) is 1. The lowest BCUT2D eigenvalue weighted by Crippen LogP contribution is -2.35. The molecule has 1 N–H and O–H groups in total. The minimum absolute atomic E-state index is 0.446. The highest BCUT2D eigenvalue weighted by molar-refractivity contribution is 6.41. The smallest absolute Gasteiger partial charge is 0.291 e. The van der Waals surface area contributed by atoms with Gasteiger partial charge in [-0.25, -0.2) is 0 Å². The maximum atomic E-state index is 10.5. The number of rotatable bonds is 0. The Hall–Kier alpha value is -1.12. The highest BCUT2D eigenvalue weighted by atomic mass is 16.2. The lowest BCUT2D eigenvalue weighted by Gasteiger charge is -2.07. The summed E-state index contributed by atoms with van der Waals surface area (Å²) < 4.78 is 0. The second-order valence-corrected chi connectivity index (χ2v) is 2.04. The summed E-state index contributed by atoms with van der Waals surface area (Å²) in [6.07, 6.45) is 1.36. The van der Waals surface area contributed by atoms with Crippen LogP contribution in [0.4, 0.5) is 0 Å². The summed E-state index contributed by atoms with van der Waals surface area (Å²) in [6.45, 7) is 2.31. The third kappa shape index (κ3) is 1.16. The van der Waals surface area contributed by atoms with Crippen molar-refractivity contribution in [3.63, 3.8) is 0 Å². The zero-order chi connectivity index (χ0) is 6.85. The number of carbonyl (C=O) groups excluding carboxylic acids is 2. The Bertz CT molecular complexity index is 193. The van der Waals surface area contributed by atoms with Gasteiger partial charge >= 0.3 is 0 Å². The van der Waals surface area contributed by atoms with E-state index in [0.717, 1.165) is 5.57 Å². The van der Waals surface area contributed by atoms with Crippen molar-refractivity contribution in [1.82, 2.24) is 5.32 Å². The number of ketones is 1. The van der Waals surface area contributed by atoms with E-state index in [9.17, 15) is 9.59 Å². The lowest BCUT2D eigenvalue weighted by atomic mass is 10.1. The third-order valence-electron chi connectivity index (χ3n) is 1.13. The fraction of sp³-hybridized carbons (Fsp3) is 0.333. The molecule has 1 aliphatic heterocycles. The molecular formula is C6H7NO2. The van der Waals surface area contributed by atoms with Gasteiger partial charge in [-0.05, 0) is 13.0 Å². The molecule has 1 rings (SSSR count). The maximum Gasteiger partial charge on any atom is 0.291 e. The van der Waals surface area contributed by atoms with E-state index in [4.69, 9.17) is 0 Å². The summed E-state index contributed by atoms with van der Waals surface area (Å²) >= 11 is 0. The Kier molecular flexibility index (Phi) is 1.34. The highest BCUT2D eigenvalue weighted by Crippen LogP contribution is 1.95. The van der Waals surface area contributed by atoms with Crippen LogP contribution in [0.1, 0.15) is 6.92 Å². The number of carbonyl (C=O) groups is 2. The molecule has 0 aromatic carbocycles. The summed E-state index contributed by atoms with van der Waals surface area (Å²) in [5.41, 5.74) is 0.902. The average Bonchev–Trinajstić information content (AvgIpc) is 1.80. The number of amides is 1. The predicted molar refractivity (Wildman–Crippen MR) is 31.8 cm³/mol. The molecule has 0 aliphatic carbocycles. The molecular weight excluding hydrogens is 118 g/mol. The van der Waals surface area contributed by atoms with Crippen molar-refractivity contribution >= 4 is 11.7 Å². The first kappa shape index (κ1) is 6.01. The van der Waals surface area contributed by atoms with Crippen LogP contribution in [0.5, 0.6) is 0 Å². The molecule has 0 unspecified atom stereocenters. The summed E-state index contributed by atoms with van der Waals surface area (Å²) in [4.78, 5) is 21.0. The van der Waals surface area contributed by atoms with Crippen molar-refractivity contribution in [2.24, 2.45) is 0 Å².